The van der Waals surface area contributed by atoms with Crippen LogP contribution in [0.1, 0.15) is 0 Å². The predicted molar refractivity (Wildman–Crippen MR) is 32.3 cm³/mol. The van der Waals surface area contributed by atoms with Crippen molar-refractivity contribution in [3.8, 4) is 0 Å². The molecular weight excluding hydrogens is 177 g/mol. The van der Waals surface area contributed by atoms with E-state index in [9.17, 15) is 4.39 Å². The summed E-state index contributed by atoms with van der Waals surface area (Å²) >= 11 is 14.9. The van der Waals surface area contributed by atoms with Gasteiger partial charge in [0.25, 0.3) is 0 Å². The summed E-state index contributed by atoms with van der Waals surface area (Å²) in [6.07, 6.45) is -1.80. The zero-order valence-electron chi connectivity index (χ0n) is 3.74. The maximum atomic E-state index is 12.0. The van der Waals surface area contributed by atoms with Crippen molar-refractivity contribution in [3.63, 3.8) is 0 Å². The fourth-order valence-corrected chi connectivity index (χ4v) is 0.311. The van der Waals surface area contributed by atoms with E-state index in [1.54, 1.807) is 0 Å². The van der Waals surface area contributed by atoms with E-state index < -0.39 is 16.6 Å². The molecule has 0 radical (unpaired) electrons. The highest BCUT2D eigenvalue weighted by atomic mass is 35.6. The molecular formula is C3H4Cl3FO. The zero-order valence-corrected chi connectivity index (χ0v) is 6.01. The molecule has 0 aliphatic carbocycles. The molecule has 0 aromatic rings. The maximum Gasteiger partial charge on any atom is 0.223 e. The van der Waals surface area contributed by atoms with Gasteiger partial charge in [-0.3, -0.25) is 0 Å². The summed E-state index contributed by atoms with van der Waals surface area (Å²) in [5.74, 6) is 0. The highest BCUT2D eigenvalue weighted by Gasteiger charge is 2.31. The molecule has 1 N–H and O–H groups in total. The van der Waals surface area contributed by atoms with Crippen molar-refractivity contribution >= 4 is 34.8 Å². The molecule has 0 saturated heterocycles. The zero-order chi connectivity index (χ0) is 6.78. The number of hydrogen-bond donors (Lipinski definition) is 1. The molecule has 0 rings (SSSR count). The molecule has 1 atom stereocenters. The highest BCUT2D eigenvalue weighted by Crippen LogP contribution is 2.31. The quantitative estimate of drug-likeness (QED) is 0.610. The molecule has 1 unspecified atom stereocenters. The topological polar surface area (TPSA) is 20.2 Å². The Labute approximate surface area is 61.3 Å². The molecule has 0 spiro atoms. The first-order valence-corrected chi connectivity index (χ1v) is 2.93. The van der Waals surface area contributed by atoms with Crippen LogP contribution in [0.3, 0.4) is 0 Å². The van der Waals surface area contributed by atoms with Gasteiger partial charge in [0.05, 0.1) is 6.61 Å². The maximum absolute atomic E-state index is 12.0. The third kappa shape index (κ3) is 2.92. The number of aliphatic hydroxyl groups is 1. The lowest BCUT2D eigenvalue weighted by Gasteiger charge is -2.12. The predicted octanol–water partition coefficient (Wildman–Crippen LogP) is 1.69. The molecule has 1 nitrogen and oxygen atoms in total. The van der Waals surface area contributed by atoms with E-state index in [-0.39, 0.29) is 0 Å². The molecule has 0 fully saturated rings. The van der Waals surface area contributed by atoms with Crippen LogP contribution in [0.2, 0.25) is 0 Å². The monoisotopic (exact) mass is 180 g/mol. The molecule has 0 aliphatic rings. The molecule has 0 aliphatic heterocycles. The average molecular weight is 181 g/mol. The van der Waals surface area contributed by atoms with Crippen molar-refractivity contribution in [1.29, 1.82) is 0 Å². The van der Waals surface area contributed by atoms with Crippen molar-refractivity contribution < 1.29 is 9.50 Å². The number of halogens is 4. The second kappa shape index (κ2) is 3.06. The van der Waals surface area contributed by atoms with Gasteiger partial charge < -0.3 is 5.11 Å². The largest absolute Gasteiger partial charge is 0.393 e. The van der Waals surface area contributed by atoms with Crippen molar-refractivity contribution in [1.82, 2.24) is 0 Å². The molecule has 0 aromatic carbocycles. The van der Waals surface area contributed by atoms with Crippen LogP contribution in [0.15, 0.2) is 0 Å². The van der Waals surface area contributed by atoms with E-state index >= 15 is 0 Å². The Morgan fingerprint density at radius 1 is 1.50 bits per heavy atom. The van der Waals surface area contributed by atoms with Gasteiger partial charge in [0, 0.05) is 0 Å². The van der Waals surface area contributed by atoms with Crippen LogP contribution in [0.25, 0.3) is 0 Å². The fraction of sp³-hybridized carbons (Fsp3) is 1.00. The minimum absolute atomic E-state index is 0.767. The number of rotatable bonds is 1. The van der Waals surface area contributed by atoms with Crippen molar-refractivity contribution in [2.75, 3.05) is 6.61 Å². The third-order valence-electron chi connectivity index (χ3n) is 0.515. The van der Waals surface area contributed by atoms with Crippen molar-refractivity contribution in [2.24, 2.45) is 0 Å². The summed E-state index contributed by atoms with van der Waals surface area (Å²) in [7, 11) is 0. The van der Waals surface area contributed by atoms with Crippen LogP contribution < -0.4 is 0 Å². The van der Waals surface area contributed by atoms with E-state index in [4.69, 9.17) is 39.9 Å². The Bertz CT molecular complexity index is 71.4. The van der Waals surface area contributed by atoms with Crippen LogP contribution in [0, 0.1) is 0 Å². The number of aliphatic hydroxyl groups excluding tert-OH is 1. The lowest BCUT2D eigenvalue weighted by molar-refractivity contribution is 0.180. The summed E-state index contributed by atoms with van der Waals surface area (Å²) in [5.41, 5.74) is 0. The lowest BCUT2D eigenvalue weighted by atomic mass is 10.5. The highest BCUT2D eigenvalue weighted by molar-refractivity contribution is 6.68. The summed E-state index contributed by atoms with van der Waals surface area (Å²) in [6, 6.07) is 0. The first-order chi connectivity index (χ1) is 3.48. The Balaban J connectivity index is 3.62. The van der Waals surface area contributed by atoms with E-state index in [1.165, 1.54) is 0 Å². The van der Waals surface area contributed by atoms with Gasteiger partial charge in [-0.15, -0.1) is 0 Å². The Kier molecular flexibility index (Phi) is 3.35. The molecule has 50 valence electrons. The minimum atomic E-state index is -1.99. The summed E-state index contributed by atoms with van der Waals surface area (Å²) < 4.78 is 10.0. The van der Waals surface area contributed by atoms with Crippen LogP contribution in [-0.4, -0.2) is 21.7 Å². The smallest absolute Gasteiger partial charge is 0.223 e. The Hall–Kier alpha value is 0.760. The van der Waals surface area contributed by atoms with Crippen molar-refractivity contribution in [3.05, 3.63) is 0 Å². The second-order valence-electron chi connectivity index (χ2n) is 1.19. The van der Waals surface area contributed by atoms with Crippen LogP contribution in [0.5, 0.6) is 0 Å². The van der Waals surface area contributed by atoms with Crippen molar-refractivity contribution in [2.45, 2.75) is 9.96 Å². The second-order valence-corrected chi connectivity index (χ2v) is 3.56. The third-order valence-corrected chi connectivity index (χ3v) is 1.23. The number of hydrogen-bond acceptors (Lipinski definition) is 1. The van der Waals surface area contributed by atoms with E-state index in [1.807, 2.05) is 0 Å². The van der Waals surface area contributed by atoms with Gasteiger partial charge in [-0.25, -0.2) is 4.39 Å². The Morgan fingerprint density at radius 3 is 1.88 bits per heavy atom. The van der Waals surface area contributed by atoms with Gasteiger partial charge >= 0.3 is 0 Å². The molecule has 5 heteroatoms. The molecule has 0 aromatic heterocycles. The minimum Gasteiger partial charge on any atom is -0.393 e. The average Bonchev–Trinajstić information content (AvgIpc) is 1.62. The van der Waals surface area contributed by atoms with Crippen LogP contribution >= 0.6 is 34.8 Å². The fourth-order valence-electron chi connectivity index (χ4n) is 0.104. The Morgan fingerprint density at radius 2 is 1.88 bits per heavy atom. The molecule has 0 bridgehead atoms. The molecule has 0 amide bonds. The molecule has 8 heavy (non-hydrogen) atoms. The first kappa shape index (κ1) is 8.76. The lowest BCUT2D eigenvalue weighted by Crippen LogP contribution is -2.23. The summed E-state index contributed by atoms with van der Waals surface area (Å²) in [4.78, 5) is 0. The molecule has 0 heterocycles. The van der Waals surface area contributed by atoms with E-state index in [0.29, 0.717) is 0 Å². The molecule has 0 saturated carbocycles. The number of alkyl halides is 4. The van der Waals surface area contributed by atoms with Gasteiger partial charge in [-0.05, 0) is 0 Å². The van der Waals surface area contributed by atoms with Gasteiger partial charge in [-0.1, -0.05) is 34.8 Å². The van der Waals surface area contributed by atoms with E-state index in [0.717, 1.165) is 0 Å². The van der Waals surface area contributed by atoms with E-state index in [2.05, 4.69) is 0 Å². The SMILES string of the molecule is OCC(F)C(Cl)(Cl)Cl. The van der Waals surface area contributed by atoms with Gasteiger partial charge in [0.2, 0.25) is 3.79 Å². The van der Waals surface area contributed by atoms with Gasteiger partial charge in [0.15, 0.2) is 6.17 Å². The summed E-state index contributed by atoms with van der Waals surface area (Å²) in [5, 5.41) is 8.04. The first-order valence-electron chi connectivity index (χ1n) is 1.80. The van der Waals surface area contributed by atoms with Crippen LogP contribution in [-0.2, 0) is 0 Å². The standard InChI is InChI=1S/C3H4Cl3FO/c4-3(5,6)2(7)1-8/h2,8H,1H2. The van der Waals surface area contributed by atoms with Gasteiger partial charge in [-0.2, -0.15) is 0 Å². The van der Waals surface area contributed by atoms with Gasteiger partial charge in [0.1, 0.15) is 0 Å². The normalized spacial score (nSPS) is 16.1. The summed E-state index contributed by atoms with van der Waals surface area (Å²) in [6.45, 7) is -0.767. The van der Waals surface area contributed by atoms with Crippen LogP contribution in [0.4, 0.5) is 4.39 Å².